The molecule has 0 fully saturated rings. The van der Waals surface area contributed by atoms with E-state index in [0.29, 0.717) is 16.9 Å². The van der Waals surface area contributed by atoms with Crippen LogP contribution < -0.4 is 5.43 Å². The van der Waals surface area contributed by atoms with Gasteiger partial charge in [0.1, 0.15) is 0 Å². The third-order valence-electron chi connectivity index (χ3n) is 2.42. The molecule has 0 spiro atoms. The molecule has 0 unspecified atom stereocenters. The van der Waals surface area contributed by atoms with Gasteiger partial charge in [-0.15, -0.1) is 5.11 Å². The van der Waals surface area contributed by atoms with E-state index in [0.717, 1.165) is 0 Å². The number of nitrogens with zero attached hydrogens (tertiary/aromatic N) is 4. The number of nitriles is 1. The lowest BCUT2D eigenvalue weighted by Gasteiger charge is -1.98. The van der Waals surface area contributed by atoms with Gasteiger partial charge in [0.2, 0.25) is 0 Å². The van der Waals surface area contributed by atoms with E-state index in [2.05, 4.69) is 15.8 Å². The summed E-state index contributed by atoms with van der Waals surface area (Å²) in [5.74, 6) is 0. The van der Waals surface area contributed by atoms with E-state index in [1.54, 1.807) is 24.3 Å². The van der Waals surface area contributed by atoms with E-state index in [1.165, 1.54) is 24.3 Å². The number of non-ortho nitro benzene ring substituents is 1. The molecule has 7 heteroatoms. The number of nitrogens with one attached hydrogen (secondary N) is 1. The fraction of sp³-hybridized carbons (Fsp3) is 0. The molecule has 0 bridgehead atoms. The molecule has 0 amide bonds. The first-order valence-electron chi connectivity index (χ1n) is 5.60. The zero-order chi connectivity index (χ0) is 14.4. The maximum atomic E-state index is 10.5. The molecule has 0 aliphatic rings. The molecule has 2 aromatic rings. The van der Waals surface area contributed by atoms with Gasteiger partial charge >= 0.3 is 0 Å². The molecule has 0 saturated heterocycles. The molecular weight excluding hydrogens is 258 g/mol. The van der Waals surface area contributed by atoms with Crippen LogP contribution in [0.2, 0.25) is 0 Å². The van der Waals surface area contributed by atoms with Gasteiger partial charge in [-0.3, -0.25) is 15.5 Å². The SMILES string of the molecule is N#Cc1ccc(NN=Nc2ccc([N+](=O)[O-])cc2)cc1. The number of rotatable bonds is 4. The lowest BCUT2D eigenvalue weighted by Crippen LogP contribution is -1.87. The molecule has 0 heterocycles. The summed E-state index contributed by atoms with van der Waals surface area (Å²) in [5.41, 5.74) is 4.45. The average Bonchev–Trinajstić information content (AvgIpc) is 2.48. The van der Waals surface area contributed by atoms with Crippen LogP contribution in [-0.2, 0) is 0 Å². The topological polar surface area (TPSA) is 104 Å². The third-order valence-corrected chi connectivity index (χ3v) is 2.42. The van der Waals surface area contributed by atoms with Crippen molar-refractivity contribution < 1.29 is 4.92 Å². The summed E-state index contributed by atoms with van der Waals surface area (Å²) in [5, 5.41) is 26.8. The van der Waals surface area contributed by atoms with Gasteiger partial charge in [0, 0.05) is 12.1 Å². The molecular formula is C13H9N5O2. The molecule has 7 nitrogen and oxygen atoms in total. The fourth-order valence-corrected chi connectivity index (χ4v) is 1.40. The van der Waals surface area contributed by atoms with Crippen LogP contribution in [0, 0.1) is 21.4 Å². The van der Waals surface area contributed by atoms with E-state index in [4.69, 9.17) is 5.26 Å². The van der Waals surface area contributed by atoms with E-state index in [9.17, 15) is 10.1 Å². The fourth-order valence-electron chi connectivity index (χ4n) is 1.40. The van der Waals surface area contributed by atoms with Gasteiger partial charge in [-0.05, 0) is 36.4 Å². The zero-order valence-electron chi connectivity index (χ0n) is 10.2. The number of anilines is 1. The van der Waals surface area contributed by atoms with Gasteiger partial charge < -0.3 is 0 Å². The lowest BCUT2D eigenvalue weighted by molar-refractivity contribution is -0.384. The van der Waals surface area contributed by atoms with Crippen molar-refractivity contribution >= 4 is 17.1 Å². The molecule has 0 saturated carbocycles. The molecule has 0 aromatic heterocycles. The van der Waals surface area contributed by atoms with Gasteiger partial charge in [0.15, 0.2) is 0 Å². The van der Waals surface area contributed by atoms with Crippen LogP contribution in [0.3, 0.4) is 0 Å². The van der Waals surface area contributed by atoms with E-state index in [-0.39, 0.29) is 5.69 Å². The van der Waals surface area contributed by atoms with Crippen molar-refractivity contribution in [1.82, 2.24) is 0 Å². The standard InChI is InChI=1S/C13H9N5O2/c14-9-10-1-3-11(4-2-10)15-17-16-12-5-7-13(8-6-12)18(19)20/h1-8H,(H,15,16). The van der Waals surface area contributed by atoms with Crippen molar-refractivity contribution in [1.29, 1.82) is 5.26 Å². The summed E-state index contributed by atoms with van der Waals surface area (Å²) in [6.07, 6.45) is 0. The number of hydrogen-bond donors (Lipinski definition) is 1. The number of nitro groups is 1. The average molecular weight is 267 g/mol. The highest BCUT2D eigenvalue weighted by Crippen LogP contribution is 2.18. The molecule has 0 aliphatic carbocycles. The first-order valence-corrected chi connectivity index (χ1v) is 5.60. The second-order valence-electron chi connectivity index (χ2n) is 3.77. The van der Waals surface area contributed by atoms with E-state index < -0.39 is 4.92 Å². The van der Waals surface area contributed by atoms with Gasteiger partial charge in [-0.1, -0.05) is 5.22 Å². The van der Waals surface area contributed by atoms with Crippen molar-refractivity contribution in [3.8, 4) is 6.07 Å². The first-order chi connectivity index (χ1) is 9.69. The van der Waals surface area contributed by atoms with Crippen molar-refractivity contribution in [3.05, 3.63) is 64.2 Å². The Hall–Kier alpha value is -3.27. The lowest BCUT2D eigenvalue weighted by atomic mass is 10.2. The van der Waals surface area contributed by atoms with Crippen LogP contribution in [0.15, 0.2) is 58.9 Å². The third kappa shape index (κ3) is 3.36. The highest BCUT2D eigenvalue weighted by molar-refractivity contribution is 5.47. The smallest absolute Gasteiger partial charge is 0.260 e. The van der Waals surface area contributed by atoms with Crippen LogP contribution in [0.25, 0.3) is 0 Å². The van der Waals surface area contributed by atoms with Crippen LogP contribution in [0.4, 0.5) is 17.1 Å². The molecule has 20 heavy (non-hydrogen) atoms. The molecule has 0 radical (unpaired) electrons. The van der Waals surface area contributed by atoms with E-state index in [1.807, 2.05) is 6.07 Å². The summed E-state index contributed by atoms with van der Waals surface area (Å²) in [4.78, 5) is 10.0. The predicted molar refractivity (Wildman–Crippen MR) is 72.4 cm³/mol. The summed E-state index contributed by atoms with van der Waals surface area (Å²) in [6.45, 7) is 0. The first kappa shape index (κ1) is 13.2. The minimum atomic E-state index is -0.476. The molecule has 1 N–H and O–H groups in total. The minimum absolute atomic E-state index is 0.00371. The maximum absolute atomic E-state index is 10.5. The summed E-state index contributed by atoms with van der Waals surface area (Å²) in [6, 6.07) is 14.4. The molecule has 0 aliphatic heterocycles. The zero-order valence-corrected chi connectivity index (χ0v) is 10.2. The van der Waals surface area contributed by atoms with Crippen LogP contribution >= 0.6 is 0 Å². The van der Waals surface area contributed by atoms with Crippen molar-refractivity contribution in [2.75, 3.05) is 5.43 Å². The minimum Gasteiger partial charge on any atom is -0.260 e. The molecule has 98 valence electrons. The second kappa shape index (κ2) is 6.06. The predicted octanol–water partition coefficient (Wildman–Crippen LogP) is 3.58. The van der Waals surface area contributed by atoms with Crippen molar-refractivity contribution in [3.63, 3.8) is 0 Å². The summed E-state index contributed by atoms with van der Waals surface area (Å²) >= 11 is 0. The van der Waals surface area contributed by atoms with Crippen molar-refractivity contribution in [2.24, 2.45) is 10.3 Å². The Morgan fingerprint density at radius 2 is 1.75 bits per heavy atom. The van der Waals surface area contributed by atoms with Crippen LogP contribution in [-0.4, -0.2) is 4.92 Å². The highest BCUT2D eigenvalue weighted by Gasteiger charge is 2.02. The largest absolute Gasteiger partial charge is 0.269 e. The van der Waals surface area contributed by atoms with Gasteiger partial charge in [-0.2, -0.15) is 5.26 Å². The quantitative estimate of drug-likeness (QED) is 0.519. The Morgan fingerprint density at radius 1 is 1.10 bits per heavy atom. The number of nitro benzene ring substituents is 1. The number of benzene rings is 2. The Kier molecular flexibility index (Phi) is 3.99. The Bertz CT molecular complexity index is 671. The maximum Gasteiger partial charge on any atom is 0.269 e. The molecule has 2 aromatic carbocycles. The van der Waals surface area contributed by atoms with Crippen LogP contribution in [0.5, 0.6) is 0 Å². The summed E-state index contributed by atoms with van der Waals surface area (Å²) in [7, 11) is 0. The highest BCUT2D eigenvalue weighted by atomic mass is 16.6. The Labute approximate surface area is 114 Å². The molecule has 0 atom stereocenters. The summed E-state index contributed by atoms with van der Waals surface area (Å²) < 4.78 is 0. The Morgan fingerprint density at radius 3 is 2.30 bits per heavy atom. The number of hydrogen-bond acceptors (Lipinski definition) is 5. The monoisotopic (exact) mass is 267 g/mol. The second-order valence-corrected chi connectivity index (χ2v) is 3.77. The normalized spacial score (nSPS) is 10.2. The van der Waals surface area contributed by atoms with Gasteiger partial charge in [-0.25, -0.2) is 0 Å². The molecule has 2 rings (SSSR count). The van der Waals surface area contributed by atoms with Crippen LogP contribution in [0.1, 0.15) is 5.56 Å². The van der Waals surface area contributed by atoms with Gasteiger partial charge in [0.05, 0.1) is 27.9 Å². The van der Waals surface area contributed by atoms with Gasteiger partial charge in [0.25, 0.3) is 5.69 Å². The Balaban J connectivity index is 1.99. The van der Waals surface area contributed by atoms with Crippen molar-refractivity contribution in [2.45, 2.75) is 0 Å². The van der Waals surface area contributed by atoms with E-state index >= 15 is 0 Å².